The van der Waals surface area contributed by atoms with Crippen LogP contribution in [0.5, 0.6) is 0 Å². The number of rotatable bonds is 3. The van der Waals surface area contributed by atoms with Crippen LogP contribution in [-0.2, 0) is 5.54 Å². The lowest BCUT2D eigenvalue weighted by atomic mass is 10.0. The molecule has 1 unspecified atom stereocenters. The largest absolute Gasteiger partial charge is 0.334 e. The maximum absolute atomic E-state index is 6.00. The average Bonchev–Trinajstić information content (AvgIpc) is 2.88. The van der Waals surface area contributed by atoms with Crippen LogP contribution < -0.4 is 5.73 Å². The van der Waals surface area contributed by atoms with E-state index in [1.807, 2.05) is 13.8 Å². The van der Waals surface area contributed by atoms with Crippen LogP contribution in [-0.4, -0.2) is 20.3 Å². The maximum atomic E-state index is 6.00. The van der Waals surface area contributed by atoms with Gasteiger partial charge in [0.2, 0.25) is 0 Å². The molecule has 0 bridgehead atoms. The first-order chi connectivity index (χ1) is 7.13. The second-order valence-electron chi connectivity index (χ2n) is 3.68. The molecule has 0 saturated carbocycles. The molecular weight excluding hydrogens is 194 g/mol. The standard InChI is InChI=1S/C9H13N5O/c1-3-9(2,10)8-13-7(15-14-8)6-4-11-12-5-6/h4-5H,3,10H2,1-2H3,(H,11,12). The first-order valence-electron chi connectivity index (χ1n) is 4.75. The fourth-order valence-electron chi connectivity index (χ4n) is 1.10. The van der Waals surface area contributed by atoms with E-state index in [1.165, 1.54) is 0 Å². The third-order valence-corrected chi connectivity index (χ3v) is 2.42. The van der Waals surface area contributed by atoms with Gasteiger partial charge in [0.05, 0.1) is 17.3 Å². The Kier molecular flexibility index (Phi) is 2.28. The third-order valence-electron chi connectivity index (χ3n) is 2.42. The van der Waals surface area contributed by atoms with E-state index in [9.17, 15) is 0 Å². The molecular formula is C9H13N5O. The highest BCUT2D eigenvalue weighted by atomic mass is 16.5. The summed E-state index contributed by atoms with van der Waals surface area (Å²) in [6.45, 7) is 3.85. The molecule has 0 aromatic carbocycles. The van der Waals surface area contributed by atoms with Crippen molar-refractivity contribution < 1.29 is 4.52 Å². The van der Waals surface area contributed by atoms with Gasteiger partial charge in [0.25, 0.3) is 5.89 Å². The van der Waals surface area contributed by atoms with E-state index in [4.69, 9.17) is 10.3 Å². The quantitative estimate of drug-likeness (QED) is 0.784. The van der Waals surface area contributed by atoms with Gasteiger partial charge in [0.1, 0.15) is 0 Å². The molecule has 0 aliphatic carbocycles. The third kappa shape index (κ3) is 1.75. The monoisotopic (exact) mass is 207 g/mol. The molecule has 0 fully saturated rings. The summed E-state index contributed by atoms with van der Waals surface area (Å²) < 4.78 is 5.10. The highest BCUT2D eigenvalue weighted by Gasteiger charge is 2.25. The lowest BCUT2D eigenvalue weighted by Gasteiger charge is -2.16. The van der Waals surface area contributed by atoms with Crippen LogP contribution in [0.3, 0.4) is 0 Å². The van der Waals surface area contributed by atoms with Gasteiger partial charge in [-0.2, -0.15) is 10.1 Å². The van der Waals surface area contributed by atoms with Gasteiger partial charge in [-0.1, -0.05) is 12.1 Å². The highest BCUT2D eigenvalue weighted by Crippen LogP contribution is 2.21. The molecule has 2 rings (SSSR count). The summed E-state index contributed by atoms with van der Waals surface area (Å²) in [6.07, 6.45) is 4.06. The van der Waals surface area contributed by atoms with Crippen molar-refractivity contribution in [2.75, 3.05) is 0 Å². The first-order valence-corrected chi connectivity index (χ1v) is 4.75. The highest BCUT2D eigenvalue weighted by molar-refractivity contribution is 5.49. The van der Waals surface area contributed by atoms with E-state index in [2.05, 4.69) is 20.3 Å². The molecule has 6 nitrogen and oxygen atoms in total. The van der Waals surface area contributed by atoms with Gasteiger partial charge in [-0.15, -0.1) is 0 Å². The molecule has 6 heteroatoms. The Balaban J connectivity index is 2.33. The fourth-order valence-corrected chi connectivity index (χ4v) is 1.10. The minimum atomic E-state index is -0.550. The van der Waals surface area contributed by atoms with Gasteiger partial charge in [0.15, 0.2) is 5.82 Å². The molecule has 3 N–H and O–H groups in total. The summed E-state index contributed by atoms with van der Waals surface area (Å²) in [5.74, 6) is 0.949. The predicted molar refractivity (Wildman–Crippen MR) is 53.7 cm³/mol. The number of aromatic nitrogens is 4. The van der Waals surface area contributed by atoms with Crippen LogP contribution in [0.1, 0.15) is 26.1 Å². The maximum Gasteiger partial charge on any atom is 0.261 e. The van der Waals surface area contributed by atoms with Crippen molar-refractivity contribution in [3.63, 3.8) is 0 Å². The van der Waals surface area contributed by atoms with E-state index < -0.39 is 5.54 Å². The lowest BCUT2D eigenvalue weighted by Crippen LogP contribution is -2.33. The normalized spacial score (nSPS) is 15.1. The van der Waals surface area contributed by atoms with E-state index in [0.717, 1.165) is 12.0 Å². The second kappa shape index (κ2) is 3.47. The molecule has 0 spiro atoms. The summed E-state index contributed by atoms with van der Waals surface area (Å²) in [5.41, 5.74) is 6.21. The molecule has 0 aliphatic heterocycles. The number of hydrogen-bond acceptors (Lipinski definition) is 5. The number of nitrogens with zero attached hydrogens (tertiary/aromatic N) is 3. The number of H-pyrrole nitrogens is 1. The summed E-state index contributed by atoms with van der Waals surface area (Å²) in [6, 6.07) is 0. The molecule has 2 aromatic heterocycles. The van der Waals surface area contributed by atoms with Crippen molar-refractivity contribution in [3.05, 3.63) is 18.2 Å². The Hall–Kier alpha value is -1.69. The molecule has 80 valence electrons. The van der Waals surface area contributed by atoms with Crippen molar-refractivity contribution in [1.29, 1.82) is 0 Å². The number of hydrogen-bond donors (Lipinski definition) is 2. The van der Waals surface area contributed by atoms with Crippen LogP contribution in [0.15, 0.2) is 16.9 Å². The van der Waals surface area contributed by atoms with Crippen LogP contribution in [0, 0.1) is 0 Å². The Morgan fingerprint density at radius 1 is 1.60 bits per heavy atom. The van der Waals surface area contributed by atoms with Gasteiger partial charge in [0, 0.05) is 6.20 Å². The topological polar surface area (TPSA) is 93.6 Å². The van der Waals surface area contributed by atoms with Crippen molar-refractivity contribution in [1.82, 2.24) is 20.3 Å². The molecule has 1 atom stereocenters. The van der Waals surface area contributed by atoms with Crippen LogP contribution in [0.4, 0.5) is 0 Å². The Labute approximate surface area is 86.9 Å². The smallest absolute Gasteiger partial charge is 0.261 e. The summed E-state index contributed by atoms with van der Waals surface area (Å²) >= 11 is 0. The average molecular weight is 207 g/mol. The van der Waals surface area contributed by atoms with Gasteiger partial charge in [-0.25, -0.2) is 0 Å². The number of nitrogens with two attached hydrogens (primary N) is 1. The van der Waals surface area contributed by atoms with E-state index >= 15 is 0 Å². The molecule has 0 aliphatic rings. The number of aromatic amines is 1. The molecule has 2 aromatic rings. The minimum absolute atomic E-state index is 0.434. The van der Waals surface area contributed by atoms with Gasteiger partial charge in [-0.05, 0) is 13.3 Å². The van der Waals surface area contributed by atoms with E-state index in [-0.39, 0.29) is 0 Å². The van der Waals surface area contributed by atoms with Crippen molar-refractivity contribution in [2.24, 2.45) is 5.73 Å². The molecule has 0 saturated heterocycles. The molecule has 0 amide bonds. The molecule has 15 heavy (non-hydrogen) atoms. The van der Waals surface area contributed by atoms with Gasteiger partial charge in [-0.3, -0.25) is 5.10 Å². The van der Waals surface area contributed by atoms with E-state index in [1.54, 1.807) is 12.4 Å². The predicted octanol–water partition coefficient (Wildman–Crippen LogP) is 1.04. The fraction of sp³-hybridized carbons (Fsp3) is 0.444. The van der Waals surface area contributed by atoms with Crippen LogP contribution >= 0.6 is 0 Å². The Morgan fingerprint density at radius 3 is 3.00 bits per heavy atom. The summed E-state index contributed by atoms with van der Waals surface area (Å²) in [7, 11) is 0. The van der Waals surface area contributed by atoms with Crippen molar-refractivity contribution in [3.8, 4) is 11.5 Å². The Morgan fingerprint density at radius 2 is 2.40 bits per heavy atom. The SMILES string of the molecule is CCC(C)(N)c1noc(-c2cn[nH]c2)n1. The molecule has 0 radical (unpaired) electrons. The van der Waals surface area contributed by atoms with E-state index in [0.29, 0.717) is 11.7 Å². The van der Waals surface area contributed by atoms with Gasteiger partial charge >= 0.3 is 0 Å². The Bertz CT molecular complexity index is 431. The second-order valence-corrected chi connectivity index (χ2v) is 3.68. The first kappa shape index (κ1) is 9.85. The van der Waals surface area contributed by atoms with Crippen LogP contribution in [0.2, 0.25) is 0 Å². The lowest BCUT2D eigenvalue weighted by molar-refractivity contribution is 0.379. The zero-order chi connectivity index (χ0) is 10.9. The zero-order valence-corrected chi connectivity index (χ0v) is 8.69. The zero-order valence-electron chi connectivity index (χ0n) is 8.69. The summed E-state index contributed by atoms with van der Waals surface area (Å²) in [5, 5.41) is 10.3. The molecule has 2 heterocycles. The summed E-state index contributed by atoms with van der Waals surface area (Å²) in [4.78, 5) is 4.23. The van der Waals surface area contributed by atoms with Gasteiger partial charge < -0.3 is 10.3 Å². The van der Waals surface area contributed by atoms with Crippen molar-refractivity contribution >= 4 is 0 Å². The van der Waals surface area contributed by atoms with Crippen LogP contribution in [0.25, 0.3) is 11.5 Å². The van der Waals surface area contributed by atoms with Crippen molar-refractivity contribution in [2.45, 2.75) is 25.8 Å². The minimum Gasteiger partial charge on any atom is -0.334 e. The number of nitrogens with one attached hydrogen (secondary N) is 1.